The van der Waals surface area contributed by atoms with Crippen LogP contribution >= 0.6 is 0 Å². The van der Waals surface area contributed by atoms with Gasteiger partial charge in [0.05, 0.1) is 6.61 Å². The van der Waals surface area contributed by atoms with Crippen LogP contribution < -0.4 is 0 Å². The molecule has 0 spiro atoms. The van der Waals surface area contributed by atoms with E-state index in [2.05, 4.69) is 0 Å². The Morgan fingerprint density at radius 3 is 1.56 bits per heavy atom. The molecule has 0 bridgehead atoms. The molecule has 11 nitrogen and oxygen atoms in total. The number of nitro groups is 3. The van der Waals surface area contributed by atoms with E-state index in [4.69, 9.17) is 10.2 Å². The Morgan fingerprint density at radius 2 is 1.38 bits per heavy atom. The summed E-state index contributed by atoms with van der Waals surface area (Å²) in [5, 5.41) is 48.7. The zero-order valence-corrected chi connectivity index (χ0v) is 7.88. The van der Waals surface area contributed by atoms with E-state index in [0.717, 1.165) is 0 Å². The van der Waals surface area contributed by atoms with Gasteiger partial charge in [0.15, 0.2) is 14.8 Å². The van der Waals surface area contributed by atoms with Gasteiger partial charge in [0.25, 0.3) is 0 Å². The number of nitrogens with zero attached hydrogens (tertiary/aromatic N) is 3. The van der Waals surface area contributed by atoms with Crippen molar-refractivity contribution in [2.24, 2.45) is 5.92 Å². The fourth-order valence-corrected chi connectivity index (χ4v) is 1.21. The van der Waals surface area contributed by atoms with E-state index in [1.165, 1.54) is 0 Å². The molecule has 0 fully saturated rings. The number of hydrogen-bond donors (Lipinski definition) is 2. The van der Waals surface area contributed by atoms with Crippen molar-refractivity contribution in [1.29, 1.82) is 0 Å². The summed E-state index contributed by atoms with van der Waals surface area (Å²) in [5.74, 6) is -5.63. The molecule has 1 unspecified atom stereocenters. The zero-order valence-electron chi connectivity index (χ0n) is 7.88. The molecular weight excluding hydrogens is 230 g/mol. The predicted octanol–water partition coefficient (Wildman–Crippen LogP) is -1.54. The second kappa shape index (κ2) is 5.27. The van der Waals surface area contributed by atoms with Crippen molar-refractivity contribution in [1.82, 2.24) is 0 Å². The minimum atomic E-state index is -3.72. The lowest BCUT2D eigenvalue weighted by atomic mass is 9.99. The maximum absolute atomic E-state index is 10.5. The van der Waals surface area contributed by atoms with Crippen molar-refractivity contribution >= 4 is 0 Å². The van der Waals surface area contributed by atoms with E-state index in [9.17, 15) is 30.3 Å². The molecule has 0 aromatic carbocycles. The van der Waals surface area contributed by atoms with Gasteiger partial charge >= 0.3 is 5.79 Å². The summed E-state index contributed by atoms with van der Waals surface area (Å²) >= 11 is 0. The molecule has 0 heterocycles. The Labute approximate surface area is 87.7 Å². The van der Waals surface area contributed by atoms with Gasteiger partial charge in [0.2, 0.25) is 5.92 Å². The largest absolute Gasteiger partial charge is 0.704 e. The second-order valence-electron chi connectivity index (χ2n) is 2.85. The first kappa shape index (κ1) is 14.1. The van der Waals surface area contributed by atoms with Gasteiger partial charge in [-0.15, -0.1) is 0 Å². The van der Waals surface area contributed by atoms with Gasteiger partial charge in [0, 0.05) is 6.61 Å². The van der Waals surface area contributed by atoms with Crippen LogP contribution in [0.1, 0.15) is 6.42 Å². The molecule has 92 valence electrons. The highest BCUT2D eigenvalue weighted by molar-refractivity contribution is 4.67. The van der Waals surface area contributed by atoms with Crippen LogP contribution in [0.4, 0.5) is 0 Å². The molecule has 0 amide bonds. The number of hydrogen-bond acceptors (Lipinski definition) is 8. The molecule has 2 N–H and O–H groups in total. The Balaban J connectivity index is 5.58. The first-order valence-corrected chi connectivity index (χ1v) is 4.00. The van der Waals surface area contributed by atoms with Crippen LogP contribution in [0, 0.1) is 36.3 Å². The molecule has 0 radical (unpaired) electrons. The standard InChI is InChI=1S/C5H9N3O8/c9-2-1-4(3-10)5(6(11)12,7(13)14)8(15)16/h4,9-10H,1-3H2. The summed E-state index contributed by atoms with van der Waals surface area (Å²) in [4.78, 5) is 26.5. The van der Waals surface area contributed by atoms with Crippen LogP contribution in [-0.4, -0.2) is 44.0 Å². The molecule has 0 saturated heterocycles. The smallest absolute Gasteiger partial charge is 0.396 e. The van der Waals surface area contributed by atoms with Crippen molar-refractivity contribution < 1.29 is 25.0 Å². The first-order chi connectivity index (χ1) is 7.35. The van der Waals surface area contributed by atoms with Crippen LogP contribution in [0.3, 0.4) is 0 Å². The molecule has 0 aromatic heterocycles. The highest BCUT2D eigenvalue weighted by Crippen LogP contribution is 2.25. The summed E-state index contributed by atoms with van der Waals surface area (Å²) in [7, 11) is 0. The lowest BCUT2D eigenvalue weighted by molar-refractivity contribution is -0.978. The van der Waals surface area contributed by atoms with Gasteiger partial charge in [-0.25, -0.2) is 0 Å². The number of aliphatic hydroxyl groups excluding tert-OH is 2. The number of aliphatic hydroxyl groups is 2. The van der Waals surface area contributed by atoms with Gasteiger partial charge in [-0.05, 0) is 6.42 Å². The topological polar surface area (TPSA) is 170 Å². The monoisotopic (exact) mass is 239 g/mol. The summed E-state index contributed by atoms with van der Waals surface area (Å²) in [6.07, 6.45) is -0.626. The fraction of sp³-hybridized carbons (Fsp3) is 1.00. The van der Waals surface area contributed by atoms with E-state index in [0.29, 0.717) is 0 Å². The summed E-state index contributed by atoms with van der Waals surface area (Å²) in [6.45, 7) is -1.90. The highest BCUT2D eigenvalue weighted by Gasteiger charge is 2.75. The molecule has 16 heavy (non-hydrogen) atoms. The predicted molar refractivity (Wildman–Crippen MR) is 46.0 cm³/mol. The van der Waals surface area contributed by atoms with Crippen molar-refractivity contribution in [2.45, 2.75) is 12.2 Å². The average molecular weight is 239 g/mol. The molecule has 0 aliphatic carbocycles. The number of rotatable bonds is 7. The van der Waals surface area contributed by atoms with Crippen molar-refractivity contribution in [3.05, 3.63) is 30.3 Å². The van der Waals surface area contributed by atoms with Gasteiger partial charge in [0.1, 0.15) is 0 Å². The minimum Gasteiger partial charge on any atom is -0.396 e. The molecule has 0 aromatic rings. The molecule has 11 heteroatoms. The maximum atomic E-state index is 10.5. The third-order valence-electron chi connectivity index (χ3n) is 2.05. The second-order valence-corrected chi connectivity index (χ2v) is 2.85. The third-order valence-corrected chi connectivity index (χ3v) is 2.05. The van der Waals surface area contributed by atoms with Crippen molar-refractivity contribution in [2.75, 3.05) is 13.2 Å². The molecule has 0 saturated carbocycles. The van der Waals surface area contributed by atoms with Crippen LogP contribution in [0.2, 0.25) is 0 Å². The molecule has 0 aliphatic heterocycles. The average Bonchev–Trinajstić information content (AvgIpc) is 2.15. The van der Waals surface area contributed by atoms with Crippen molar-refractivity contribution in [3.8, 4) is 0 Å². The minimum absolute atomic E-state index is 0.626. The van der Waals surface area contributed by atoms with Crippen molar-refractivity contribution in [3.63, 3.8) is 0 Å². The SMILES string of the molecule is O=[N+]([O-])C(C(CO)CCO)([N+](=O)[O-])[N+](=O)[O-]. The maximum Gasteiger partial charge on any atom is 0.704 e. The van der Waals surface area contributed by atoms with E-state index in [-0.39, 0.29) is 0 Å². The highest BCUT2D eigenvalue weighted by atomic mass is 16.7. The van der Waals surface area contributed by atoms with E-state index >= 15 is 0 Å². The van der Waals surface area contributed by atoms with E-state index in [1.807, 2.05) is 0 Å². The summed E-state index contributed by atoms with van der Waals surface area (Å²) < 4.78 is 0. The van der Waals surface area contributed by atoms with Gasteiger partial charge in [-0.3, -0.25) is 30.3 Å². The van der Waals surface area contributed by atoms with Gasteiger partial charge < -0.3 is 10.2 Å². The summed E-state index contributed by atoms with van der Waals surface area (Å²) in [6, 6.07) is 0. The fourth-order valence-electron chi connectivity index (χ4n) is 1.21. The Bertz CT molecular complexity index is 268. The Morgan fingerprint density at radius 1 is 1.00 bits per heavy atom. The normalized spacial score (nSPS) is 13.1. The van der Waals surface area contributed by atoms with Crippen LogP contribution in [0.15, 0.2) is 0 Å². The lowest BCUT2D eigenvalue weighted by Gasteiger charge is -2.15. The molecule has 0 aliphatic rings. The van der Waals surface area contributed by atoms with Crippen LogP contribution in [-0.2, 0) is 0 Å². The van der Waals surface area contributed by atoms with Gasteiger partial charge in [-0.1, -0.05) is 0 Å². The lowest BCUT2D eigenvalue weighted by Crippen LogP contribution is -2.59. The third kappa shape index (κ3) is 2.04. The Hall–Kier alpha value is -1.88. The first-order valence-electron chi connectivity index (χ1n) is 4.00. The van der Waals surface area contributed by atoms with E-state index in [1.54, 1.807) is 0 Å². The molecule has 0 rings (SSSR count). The summed E-state index contributed by atoms with van der Waals surface area (Å²) in [5.41, 5.74) is 0. The molecule has 1 atom stereocenters. The van der Waals surface area contributed by atoms with Crippen LogP contribution in [0.25, 0.3) is 0 Å². The quantitative estimate of drug-likeness (QED) is 0.305. The Kier molecular flexibility index (Phi) is 4.65. The van der Waals surface area contributed by atoms with Gasteiger partial charge in [-0.2, -0.15) is 0 Å². The van der Waals surface area contributed by atoms with Crippen LogP contribution in [0.5, 0.6) is 0 Å². The van der Waals surface area contributed by atoms with E-state index < -0.39 is 46.1 Å². The molecular formula is C5H9N3O8. The zero-order chi connectivity index (χ0) is 12.9.